The van der Waals surface area contributed by atoms with Gasteiger partial charge in [-0.2, -0.15) is 0 Å². The second-order valence-electron chi connectivity index (χ2n) is 4.27. The third-order valence-corrected chi connectivity index (χ3v) is 3.42. The van der Waals surface area contributed by atoms with Gasteiger partial charge in [0, 0.05) is 17.5 Å². The Morgan fingerprint density at radius 3 is 2.52 bits per heavy atom. The average Bonchev–Trinajstić information content (AvgIpc) is 2.46. The van der Waals surface area contributed by atoms with Crippen LogP contribution in [0.4, 0.5) is 8.78 Å². The molecule has 0 saturated heterocycles. The maximum absolute atomic E-state index is 13.6. The summed E-state index contributed by atoms with van der Waals surface area (Å²) in [6.45, 7) is -0.0948. The Balaban J connectivity index is 2.23. The van der Waals surface area contributed by atoms with Gasteiger partial charge in [-0.05, 0) is 29.8 Å². The molecule has 0 aromatic heterocycles. The van der Waals surface area contributed by atoms with Crippen molar-refractivity contribution in [2.24, 2.45) is 0 Å². The van der Waals surface area contributed by atoms with Crippen LogP contribution < -0.4 is 9.47 Å². The molecule has 2 aromatic rings. The number of hydrogen-bond acceptors (Lipinski definition) is 2. The SMILES string of the molecule is COc1cc(CCl)cc(Cl)c1OCc1ccc(F)cc1F. The van der Waals surface area contributed by atoms with Gasteiger partial charge in [0.1, 0.15) is 18.2 Å². The molecule has 0 bridgehead atoms. The minimum Gasteiger partial charge on any atom is -0.493 e. The highest BCUT2D eigenvalue weighted by Crippen LogP contribution is 2.37. The minimum absolute atomic E-state index is 0.0948. The first-order chi connectivity index (χ1) is 10.0. The maximum Gasteiger partial charge on any atom is 0.180 e. The first-order valence-electron chi connectivity index (χ1n) is 6.04. The van der Waals surface area contributed by atoms with E-state index in [1.165, 1.54) is 13.2 Å². The molecule has 2 rings (SSSR count). The normalized spacial score (nSPS) is 10.5. The number of halogens is 4. The molecule has 0 atom stereocenters. The molecule has 0 fully saturated rings. The Morgan fingerprint density at radius 2 is 1.90 bits per heavy atom. The third kappa shape index (κ3) is 3.77. The standard InChI is InChI=1S/C15H12Cl2F2O2/c1-20-14-5-9(7-16)4-12(17)15(14)21-8-10-2-3-11(18)6-13(10)19/h2-6H,7-8H2,1H3. The fraction of sp³-hybridized carbons (Fsp3) is 0.200. The van der Waals surface area contributed by atoms with E-state index in [-0.39, 0.29) is 23.8 Å². The highest BCUT2D eigenvalue weighted by atomic mass is 35.5. The van der Waals surface area contributed by atoms with Gasteiger partial charge in [-0.15, -0.1) is 11.6 Å². The van der Waals surface area contributed by atoms with Crippen molar-refractivity contribution in [1.82, 2.24) is 0 Å². The highest BCUT2D eigenvalue weighted by molar-refractivity contribution is 6.32. The van der Waals surface area contributed by atoms with Crippen LogP contribution in [0.1, 0.15) is 11.1 Å². The molecule has 21 heavy (non-hydrogen) atoms. The Hall–Kier alpha value is -1.52. The molecule has 0 aliphatic heterocycles. The number of alkyl halides is 1. The molecular weight excluding hydrogens is 321 g/mol. The zero-order valence-electron chi connectivity index (χ0n) is 11.1. The second kappa shape index (κ2) is 6.96. The third-order valence-electron chi connectivity index (χ3n) is 2.83. The summed E-state index contributed by atoms with van der Waals surface area (Å²) in [6.07, 6.45) is 0. The molecule has 0 N–H and O–H groups in total. The molecule has 0 unspecified atom stereocenters. The molecule has 0 saturated carbocycles. The van der Waals surface area contributed by atoms with Crippen LogP contribution >= 0.6 is 23.2 Å². The zero-order chi connectivity index (χ0) is 15.4. The summed E-state index contributed by atoms with van der Waals surface area (Å²) in [5, 5.41) is 0.313. The van der Waals surface area contributed by atoms with E-state index in [2.05, 4.69) is 0 Å². The Morgan fingerprint density at radius 1 is 1.14 bits per heavy atom. The fourth-order valence-electron chi connectivity index (χ4n) is 1.78. The fourth-order valence-corrected chi connectivity index (χ4v) is 2.22. The molecule has 2 nitrogen and oxygen atoms in total. The smallest absolute Gasteiger partial charge is 0.180 e. The molecule has 6 heteroatoms. The van der Waals surface area contributed by atoms with Crippen molar-refractivity contribution < 1.29 is 18.3 Å². The number of benzene rings is 2. The van der Waals surface area contributed by atoms with Crippen LogP contribution in [0.3, 0.4) is 0 Å². The van der Waals surface area contributed by atoms with E-state index in [0.29, 0.717) is 10.8 Å². The summed E-state index contributed by atoms with van der Waals surface area (Å²) < 4.78 is 37.1. The predicted molar refractivity (Wildman–Crippen MR) is 78.3 cm³/mol. The Bertz CT molecular complexity index is 648. The van der Waals surface area contributed by atoms with Gasteiger partial charge < -0.3 is 9.47 Å². The van der Waals surface area contributed by atoms with Gasteiger partial charge in [-0.3, -0.25) is 0 Å². The molecule has 112 valence electrons. The second-order valence-corrected chi connectivity index (χ2v) is 4.94. The largest absolute Gasteiger partial charge is 0.493 e. The van der Waals surface area contributed by atoms with Crippen LogP contribution in [0.25, 0.3) is 0 Å². The van der Waals surface area contributed by atoms with Crippen LogP contribution in [0.15, 0.2) is 30.3 Å². The first-order valence-corrected chi connectivity index (χ1v) is 6.95. The van der Waals surface area contributed by atoms with E-state index in [9.17, 15) is 8.78 Å². The number of hydrogen-bond donors (Lipinski definition) is 0. The Kier molecular flexibility index (Phi) is 5.26. The van der Waals surface area contributed by atoms with Crippen molar-refractivity contribution in [3.63, 3.8) is 0 Å². The van der Waals surface area contributed by atoms with Crippen molar-refractivity contribution in [3.8, 4) is 11.5 Å². The average molecular weight is 333 g/mol. The summed E-state index contributed by atoms with van der Waals surface area (Å²) in [4.78, 5) is 0. The molecular formula is C15H12Cl2F2O2. The molecule has 0 amide bonds. The van der Waals surface area contributed by atoms with Gasteiger partial charge in [0.15, 0.2) is 11.5 Å². The van der Waals surface area contributed by atoms with Crippen LogP contribution in [0.2, 0.25) is 5.02 Å². The van der Waals surface area contributed by atoms with Crippen LogP contribution in [0, 0.1) is 11.6 Å². The topological polar surface area (TPSA) is 18.5 Å². The number of ether oxygens (including phenoxy) is 2. The summed E-state index contributed by atoms with van der Waals surface area (Å²) in [5.74, 6) is -0.346. The molecule has 0 radical (unpaired) electrons. The molecule has 0 heterocycles. The van der Waals surface area contributed by atoms with E-state index < -0.39 is 11.6 Å². The van der Waals surface area contributed by atoms with Crippen molar-refractivity contribution in [3.05, 3.63) is 58.1 Å². The van der Waals surface area contributed by atoms with Gasteiger partial charge in [-0.1, -0.05) is 11.6 Å². The first kappa shape index (κ1) is 15.9. The zero-order valence-corrected chi connectivity index (χ0v) is 12.6. The molecule has 2 aromatic carbocycles. The molecule has 0 aliphatic rings. The van der Waals surface area contributed by atoms with E-state index in [4.69, 9.17) is 32.7 Å². The monoisotopic (exact) mass is 332 g/mol. The van der Waals surface area contributed by atoms with E-state index in [0.717, 1.165) is 17.7 Å². The van der Waals surface area contributed by atoms with Gasteiger partial charge in [0.25, 0.3) is 0 Å². The van der Waals surface area contributed by atoms with E-state index in [1.807, 2.05) is 0 Å². The van der Waals surface area contributed by atoms with Crippen LogP contribution in [-0.2, 0) is 12.5 Å². The quantitative estimate of drug-likeness (QED) is 0.721. The number of rotatable bonds is 5. The molecule has 0 aliphatic carbocycles. The van der Waals surface area contributed by atoms with Crippen LogP contribution in [0.5, 0.6) is 11.5 Å². The van der Waals surface area contributed by atoms with Crippen molar-refractivity contribution in [2.75, 3.05) is 7.11 Å². The summed E-state index contributed by atoms with van der Waals surface area (Å²) in [5.41, 5.74) is 0.995. The minimum atomic E-state index is -0.678. The predicted octanol–water partition coefficient (Wildman–Crippen LogP) is 4.94. The van der Waals surface area contributed by atoms with Crippen molar-refractivity contribution in [2.45, 2.75) is 12.5 Å². The summed E-state index contributed by atoms with van der Waals surface area (Å²) >= 11 is 11.9. The lowest BCUT2D eigenvalue weighted by molar-refractivity contribution is 0.279. The van der Waals surface area contributed by atoms with Gasteiger partial charge in [0.05, 0.1) is 12.1 Å². The summed E-state index contributed by atoms with van der Waals surface area (Å²) in [6, 6.07) is 6.62. The molecule has 0 spiro atoms. The highest BCUT2D eigenvalue weighted by Gasteiger charge is 2.13. The lowest BCUT2D eigenvalue weighted by Crippen LogP contribution is -2.01. The van der Waals surface area contributed by atoms with Crippen molar-refractivity contribution in [1.29, 1.82) is 0 Å². The lowest BCUT2D eigenvalue weighted by Gasteiger charge is -2.14. The maximum atomic E-state index is 13.6. The van der Waals surface area contributed by atoms with Gasteiger partial charge in [0.2, 0.25) is 0 Å². The summed E-state index contributed by atoms with van der Waals surface area (Å²) in [7, 11) is 1.47. The van der Waals surface area contributed by atoms with E-state index >= 15 is 0 Å². The van der Waals surface area contributed by atoms with Crippen LogP contribution in [-0.4, -0.2) is 7.11 Å². The Labute approximate surface area is 131 Å². The van der Waals surface area contributed by atoms with Gasteiger partial charge in [-0.25, -0.2) is 8.78 Å². The lowest BCUT2D eigenvalue weighted by atomic mass is 10.2. The number of methoxy groups -OCH3 is 1. The van der Waals surface area contributed by atoms with E-state index in [1.54, 1.807) is 12.1 Å². The van der Waals surface area contributed by atoms with Gasteiger partial charge >= 0.3 is 0 Å². The van der Waals surface area contributed by atoms with Crippen molar-refractivity contribution >= 4 is 23.2 Å².